The third-order valence-corrected chi connectivity index (χ3v) is 3.40. The second-order valence-corrected chi connectivity index (χ2v) is 5.12. The molecule has 2 aliphatic carbocycles. The number of hydrogen-bond acceptors (Lipinski definition) is 0. The van der Waals surface area contributed by atoms with Gasteiger partial charge in [0, 0.05) is 0 Å². The molecule has 0 heterocycles. The van der Waals surface area contributed by atoms with Gasteiger partial charge in [-0.05, 0) is 38.5 Å². The van der Waals surface area contributed by atoms with Crippen LogP contribution in [0.3, 0.4) is 0 Å². The Balaban J connectivity index is -0.000000270. The molecule has 0 fully saturated rings. The van der Waals surface area contributed by atoms with E-state index in [1.807, 2.05) is 0 Å². The number of halogens is 2. The minimum Gasteiger partial charge on any atom is -1.00 e. The van der Waals surface area contributed by atoms with Crippen LogP contribution in [0.5, 0.6) is 0 Å². The molecule has 0 aromatic heterocycles. The van der Waals surface area contributed by atoms with Crippen molar-refractivity contribution in [1.29, 1.82) is 0 Å². The van der Waals surface area contributed by atoms with Crippen LogP contribution in [0.2, 0.25) is 0 Å². The van der Waals surface area contributed by atoms with Gasteiger partial charge in [-0.25, -0.2) is 0 Å². The van der Waals surface area contributed by atoms with Gasteiger partial charge in [-0.2, -0.15) is 0 Å². The minimum absolute atomic E-state index is 0. The van der Waals surface area contributed by atoms with E-state index in [-0.39, 0.29) is 46.5 Å². The van der Waals surface area contributed by atoms with Crippen molar-refractivity contribution in [1.82, 2.24) is 0 Å². The first-order valence-electron chi connectivity index (χ1n) is 7.56. The molecule has 0 atom stereocenters. The monoisotopic (exact) mass is 362 g/mol. The topological polar surface area (TPSA) is 0 Å². The zero-order chi connectivity index (χ0) is 13.1. The van der Waals surface area contributed by atoms with E-state index in [1.54, 1.807) is 11.1 Å². The quantitative estimate of drug-likeness (QED) is 0.589. The van der Waals surface area contributed by atoms with Crippen molar-refractivity contribution in [2.24, 2.45) is 0 Å². The summed E-state index contributed by atoms with van der Waals surface area (Å²) in [5.41, 5.74) is 3.22. The summed E-state index contributed by atoms with van der Waals surface area (Å²) in [6, 6.07) is 0. The molecule has 0 aromatic rings. The maximum absolute atomic E-state index is 2.25. The molecule has 0 spiro atoms. The SMILES string of the molecule is CCCCC1=CC=CC1.CCCCC1=CC=CC1.[Cl-].[Cl-].[Ti+2]. The van der Waals surface area contributed by atoms with Crippen LogP contribution in [-0.2, 0) is 21.7 Å². The fourth-order valence-corrected chi connectivity index (χ4v) is 2.16. The van der Waals surface area contributed by atoms with Gasteiger partial charge in [0.2, 0.25) is 0 Å². The van der Waals surface area contributed by atoms with E-state index in [2.05, 4.69) is 50.3 Å². The van der Waals surface area contributed by atoms with Gasteiger partial charge in [0.05, 0.1) is 0 Å². The minimum atomic E-state index is 0. The third kappa shape index (κ3) is 13.6. The van der Waals surface area contributed by atoms with Gasteiger partial charge in [-0.1, -0.05) is 74.3 Å². The summed E-state index contributed by atoms with van der Waals surface area (Å²) in [7, 11) is 0. The number of allylic oxidation sites excluding steroid dienone is 8. The molecular formula is C18H28Cl2Ti. The van der Waals surface area contributed by atoms with Gasteiger partial charge in [-0.3, -0.25) is 0 Å². The van der Waals surface area contributed by atoms with Gasteiger partial charge in [-0.15, -0.1) is 0 Å². The molecule has 2 rings (SSSR count). The molecule has 118 valence electrons. The van der Waals surface area contributed by atoms with Crippen LogP contribution in [0.4, 0.5) is 0 Å². The second kappa shape index (κ2) is 18.3. The van der Waals surface area contributed by atoms with E-state index in [9.17, 15) is 0 Å². The van der Waals surface area contributed by atoms with E-state index >= 15 is 0 Å². The van der Waals surface area contributed by atoms with E-state index in [0.717, 1.165) is 0 Å². The zero-order valence-electron chi connectivity index (χ0n) is 13.4. The average molecular weight is 363 g/mol. The maximum Gasteiger partial charge on any atom is 2.00 e. The normalized spacial score (nSPS) is 14.0. The number of unbranched alkanes of at least 4 members (excludes halogenated alkanes) is 2. The molecule has 0 bridgehead atoms. The summed E-state index contributed by atoms with van der Waals surface area (Å²) < 4.78 is 0. The summed E-state index contributed by atoms with van der Waals surface area (Å²) in [4.78, 5) is 0. The van der Waals surface area contributed by atoms with E-state index in [4.69, 9.17) is 0 Å². The Labute approximate surface area is 158 Å². The number of hydrogen-bond donors (Lipinski definition) is 0. The van der Waals surface area contributed by atoms with Gasteiger partial charge < -0.3 is 24.8 Å². The van der Waals surface area contributed by atoms with Crippen molar-refractivity contribution in [2.45, 2.75) is 65.2 Å². The molecule has 0 radical (unpaired) electrons. The molecule has 0 nitrogen and oxygen atoms in total. The molecule has 0 amide bonds. The van der Waals surface area contributed by atoms with E-state index < -0.39 is 0 Å². The Morgan fingerprint density at radius 1 is 0.762 bits per heavy atom. The first kappa shape index (κ1) is 26.2. The fourth-order valence-electron chi connectivity index (χ4n) is 2.16. The van der Waals surface area contributed by atoms with Crippen molar-refractivity contribution < 1.29 is 46.5 Å². The van der Waals surface area contributed by atoms with Crippen molar-refractivity contribution >= 4 is 0 Å². The molecule has 0 unspecified atom stereocenters. The predicted octanol–water partition coefficient (Wildman–Crippen LogP) is 0.131. The molecule has 3 heteroatoms. The smallest absolute Gasteiger partial charge is 1.00 e. The van der Waals surface area contributed by atoms with Crippen LogP contribution in [0, 0.1) is 0 Å². The summed E-state index contributed by atoms with van der Waals surface area (Å²) in [6.45, 7) is 4.48. The average Bonchev–Trinajstić information content (AvgIpc) is 3.07. The molecule has 0 aliphatic heterocycles. The first-order valence-corrected chi connectivity index (χ1v) is 7.56. The standard InChI is InChI=1S/2C9H14.2ClH.Ti/c2*1-2-3-6-9-7-4-5-8-9;;;/h2*4-5,7H,2-3,6,8H2,1H3;2*1H;/q;;;;+2/p-2. The largest absolute Gasteiger partial charge is 2.00 e. The second-order valence-electron chi connectivity index (χ2n) is 5.12. The van der Waals surface area contributed by atoms with E-state index in [1.165, 1.54) is 51.4 Å². The molecule has 0 saturated carbocycles. The van der Waals surface area contributed by atoms with Crippen LogP contribution in [0.15, 0.2) is 47.6 Å². The Kier molecular flexibility index (Phi) is 22.8. The Morgan fingerprint density at radius 3 is 1.38 bits per heavy atom. The Hall–Kier alpha value is 0.254. The van der Waals surface area contributed by atoms with Crippen LogP contribution in [0.25, 0.3) is 0 Å². The molecule has 0 N–H and O–H groups in total. The maximum atomic E-state index is 2.25. The van der Waals surface area contributed by atoms with Gasteiger partial charge in [0.15, 0.2) is 0 Å². The Bertz CT molecular complexity index is 307. The third-order valence-electron chi connectivity index (χ3n) is 3.40. The summed E-state index contributed by atoms with van der Waals surface area (Å²) in [5.74, 6) is 0. The summed E-state index contributed by atoms with van der Waals surface area (Å²) >= 11 is 0. The van der Waals surface area contributed by atoms with Crippen molar-refractivity contribution in [3.05, 3.63) is 47.6 Å². The van der Waals surface area contributed by atoms with Gasteiger partial charge in [0.1, 0.15) is 0 Å². The first-order chi connectivity index (χ1) is 8.86. The molecular weight excluding hydrogens is 335 g/mol. The van der Waals surface area contributed by atoms with Gasteiger partial charge >= 0.3 is 21.7 Å². The van der Waals surface area contributed by atoms with Crippen molar-refractivity contribution in [2.75, 3.05) is 0 Å². The molecule has 0 aromatic carbocycles. The van der Waals surface area contributed by atoms with Crippen LogP contribution in [0.1, 0.15) is 65.2 Å². The summed E-state index contributed by atoms with van der Waals surface area (Å²) in [6.07, 6.45) is 23.6. The molecule has 0 saturated heterocycles. The summed E-state index contributed by atoms with van der Waals surface area (Å²) in [5, 5.41) is 0. The van der Waals surface area contributed by atoms with Crippen LogP contribution < -0.4 is 24.8 Å². The zero-order valence-corrected chi connectivity index (χ0v) is 16.5. The van der Waals surface area contributed by atoms with Crippen molar-refractivity contribution in [3.8, 4) is 0 Å². The van der Waals surface area contributed by atoms with Gasteiger partial charge in [0.25, 0.3) is 0 Å². The predicted molar refractivity (Wildman–Crippen MR) is 82.7 cm³/mol. The van der Waals surface area contributed by atoms with Crippen LogP contribution in [-0.4, -0.2) is 0 Å². The number of rotatable bonds is 6. The molecule has 21 heavy (non-hydrogen) atoms. The van der Waals surface area contributed by atoms with Crippen molar-refractivity contribution in [3.63, 3.8) is 0 Å². The molecule has 2 aliphatic rings. The van der Waals surface area contributed by atoms with E-state index in [0.29, 0.717) is 0 Å². The Morgan fingerprint density at radius 2 is 1.14 bits per heavy atom. The van der Waals surface area contributed by atoms with Crippen LogP contribution >= 0.6 is 0 Å². The fraction of sp³-hybridized carbons (Fsp3) is 0.556.